The van der Waals surface area contributed by atoms with E-state index in [4.69, 9.17) is 12.2 Å². The molecule has 2 fully saturated rings. The number of carbonyl (C=O) groups is 1. The van der Waals surface area contributed by atoms with Crippen molar-refractivity contribution in [2.24, 2.45) is 0 Å². The molecule has 0 aliphatic carbocycles. The lowest BCUT2D eigenvalue weighted by atomic mass is 10.0. The van der Waals surface area contributed by atoms with Crippen LogP contribution in [0, 0.1) is 24.1 Å². The summed E-state index contributed by atoms with van der Waals surface area (Å²) in [6.45, 7) is 6.93. The maximum atomic E-state index is 13.5. The Morgan fingerprint density at radius 3 is 2.30 bits per heavy atom. The number of halogens is 1. The van der Waals surface area contributed by atoms with Gasteiger partial charge < -0.3 is 9.80 Å². The molecule has 0 atom stereocenters. The molecule has 3 aromatic rings. The fourth-order valence-electron chi connectivity index (χ4n) is 5.14. The lowest BCUT2D eigenvalue weighted by molar-refractivity contribution is -0.122. The monoisotopic (exact) mass is 573 g/mol. The van der Waals surface area contributed by atoms with E-state index < -0.39 is 0 Å². The van der Waals surface area contributed by atoms with Crippen molar-refractivity contribution in [1.82, 2.24) is 9.47 Å². The highest BCUT2D eigenvalue weighted by molar-refractivity contribution is 8.26. The molecule has 2 saturated heterocycles. The molecule has 2 aromatic carbocycles. The second-order valence-corrected chi connectivity index (χ2v) is 11.3. The van der Waals surface area contributed by atoms with Crippen LogP contribution in [0.25, 0.3) is 6.08 Å². The number of benzene rings is 2. The highest BCUT2D eigenvalue weighted by atomic mass is 32.2. The minimum atomic E-state index is -0.341. The number of nitriles is 1. The maximum absolute atomic E-state index is 13.5. The van der Waals surface area contributed by atoms with Gasteiger partial charge in [-0.1, -0.05) is 54.3 Å². The van der Waals surface area contributed by atoms with Gasteiger partial charge in [0.15, 0.2) is 0 Å². The average molecular weight is 574 g/mol. The normalized spacial score (nSPS) is 16.6. The van der Waals surface area contributed by atoms with Crippen molar-refractivity contribution < 1.29 is 9.18 Å². The molecule has 7 nitrogen and oxygen atoms in total. The van der Waals surface area contributed by atoms with E-state index >= 15 is 0 Å². The third-order valence-electron chi connectivity index (χ3n) is 7.27. The number of thioether (sulfide) groups is 1. The Morgan fingerprint density at radius 1 is 1.02 bits per heavy atom. The Bertz CT molecular complexity index is 1590. The predicted molar refractivity (Wildman–Crippen MR) is 162 cm³/mol. The van der Waals surface area contributed by atoms with Gasteiger partial charge in [-0.2, -0.15) is 5.26 Å². The number of aromatic nitrogens is 1. The molecule has 204 valence electrons. The van der Waals surface area contributed by atoms with Crippen molar-refractivity contribution in [3.63, 3.8) is 0 Å². The van der Waals surface area contributed by atoms with Crippen LogP contribution < -0.4 is 15.4 Å². The molecule has 0 bridgehead atoms. The largest absolute Gasteiger partial charge is 0.368 e. The third kappa shape index (κ3) is 5.27. The fourth-order valence-corrected chi connectivity index (χ4v) is 6.38. The molecular weight excluding hydrogens is 545 g/mol. The van der Waals surface area contributed by atoms with E-state index in [0.717, 1.165) is 11.3 Å². The topological polar surface area (TPSA) is 72.6 Å². The van der Waals surface area contributed by atoms with Gasteiger partial charge in [0.05, 0.1) is 11.4 Å². The number of hydrogen-bond acceptors (Lipinski definition) is 7. The summed E-state index contributed by atoms with van der Waals surface area (Å²) in [4.78, 5) is 33.2. The smallest absolute Gasteiger partial charge is 0.270 e. The van der Waals surface area contributed by atoms with Gasteiger partial charge in [0, 0.05) is 44.0 Å². The van der Waals surface area contributed by atoms with E-state index in [-0.39, 0.29) is 22.8 Å². The number of piperazine rings is 1. The van der Waals surface area contributed by atoms with E-state index in [1.54, 1.807) is 34.6 Å². The van der Waals surface area contributed by atoms with Crippen molar-refractivity contribution in [3.8, 4) is 6.07 Å². The summed E-state index contributed by atoms with van der Waals surface area (Å²) in [5.74, 6) is 0.218. The third-order valence-corrected chi connectivity index (χ3v) is 8.64. The van der Waals surface area contributed by atoms with E-state index in [1.165, 1.54) is 23.9 Å². The summed E-state index contributed by atoms with van der Waals surface area (Å²) in [5, 5.41) is 9.85. The highest BCUT2D eigenvalue weighted by Gasteiger charge is 2.33. The molecule has 0 N–H and O–H groups in total. The molecule has 1 aromatic heterocycles. The minimum absolute atomic E-state index is 0.0709. The Labute approximate surface area is 242 Å². The van der Waals surface area contributed by atoms with Gasteiger partial charge in [0.2, 0.25) is 0 Å². The molecule has 0 unspecified atom stereocenters. The number of anilines is 2. The van der Waals surface area contributed by atoms with Crippen LogP contribution in [0.1, 0.15) is 29.2 Å². The fraction of sp³-hybridized carbons (Fsp3) is 0.267. The van der Waals surface area contributed by atoms with Crippen LogP contribution in [0.3, 0.4) is 0 Å². The van der Waals surface area contributed by atoms with Crippen molar-refractivity contribution in [2.75, 3.05) is 36.0 Å². The zero-order chi connectivity index (χ0) is 28.4. The summed E-state index contributed by atoms with van der Waals surface area (Å²) < 4.78 is 15.5. The van der Waals surface area contributed by atoms with E-state index in [0.29, 0.717) is 65.4 Å². The Hall–Kier alpha value is -3.94. The van der Waals surface area contributed by atoms with Gasteiger partial charge in [-0.25, -0.2) is 4.39 Å². The molecular formula is C30H28FN5O2S2. The van der Waals surface area contributed by atoms with E-state index in [1.807, 2.05) is 37.3 Å². The first-order valence-corrected chi connectivity index (χ1v) is 14.3. The quantitative estimate of drug-likeness (QED) is 0.306. The summed E-state index contributed by atoms with van der Waals surface area (Å²) in [6, 6.07) is 18.2. The van der Waals surface area contributed by atoms with Crippen molar-refractivity contribution in [2.45, 2.75) is 26.9 Å². The second kappa shape index (κ2) is 11.7. The zero-order valence-electron chi connectivity index (χ0n) is 22.3. The predicted octanol–water partition coefficient (Wildman–Crippen LogP) is 4.92. The first-order valence-electron chi connectivity index (χ1n) is 13.0. The van der Waals surface area contributed by atoms with Crippen LogP contribution in [0.5, 0.6) is 0 Å². The van der Waals surface area contributed by atoms with Crippen LogP contribution >= 0.6 is 24.0 Å². The van der Waals surface area contributed by atoms with E-state index in [2.05, 4.69) is 15.9 Å². The highest BCUT2D eigenvalue weighted by Crippen LogP contribution is 2.37. The molecule has 0 spiro atoms. The summed E-state index contributed by atoms with van der Waals surface area (Å²) in [5.41, 5.74) is 2.86. The molecule has 10 heteroatoms. The number of hydrogen-bond donors (Lipinski definition) is 0. The molecule has 40 heavy (non-hydrogen) atoms. The minimum Gasteiger partial charge on any atom is -0.368 e. The van der Waals surface area contributed by atoms with Crippen LogP contribution in [0.15, 0.2) is 64.3 Å². The molecule has 3 heterocycles. The van der Waals surface area contributed by atoms with Crippen LogP contribution in [0.2, 0.25) is 0 Å². The lowest BCUT2D eigenvalue weighted by Gasteiger charge is -2.39. The summed E-state index contributed by atoms with van der Waals surface area (Å²) in [6.07, 6.45) is 1.79. The van der Waals surface area contributed by atoms with Crippen LogP contribution in [0.4, 0.5) is 15.9 Å². The van der Waals surface area contributed by atoms with Gasteiger partial charge in [-0.3, -0.25) is 19.1 Å². The standard InChI is InChI=1S/C30H28FN5O2S2/c1-3-35-27(34-15-13-33(14-16-34)23-11-9-22(31)10-12-23)24(20(2)25(18-32)28(35)37)17-26-29(38)36(30(39)40-26)19-21-7-5-4-6-8-21/h4-12,17H,3,13-16,19H2,1-2H3/b26-17-. The maximum Gasteiger partial charge on any atom is 0.270 e. The number of carbonyl (C=O) groups excluding carboxylic acids is 1. The lowest BCUT2D eigenvalue weighted by Crippen LogP contribution is -2.48. The Morgan fingerprint density at radius 2 is 1.68 bits per heavy atom. The Balaban J connectivity index is 1.51. The van der Waals surface area contributed by atoms with Crippen molar-refractivity contribution in [3.05, 3.63) is 97.9 Å². The average Bonchev–Trinajstić information content (AvgIpc) is 3.23. The number of pyridine rings is 1. The van der Waals surface area contributed by atoms with Gasteiger partial charge >= 0.3 is 0 Å². The molecule has 0 saturated carbocycles. The zero-order valence-corrected chi connectivity index (χ0v) is 23.9. The molecule has 5 rings (SSSR count). The van der Waals surface area contributed by atoms with Crippen molar-refractivity contribution in [1.29, 1.82) is 5.26 Å². The number of thiocarbonyl (C=S) groups is 1. The molecule has 2 aliphatic rings. The SMILES string of the molecule is CCn1c(N2CCN(c3ccc(F)cc3)CC2)c(/C=C2\SC(=S)N(Cc3ccccc3)C2=O)c(C)c(C#N)c1=O. The van der Waals surface area contributed by atoms with Gasteiger partial charge in [-0.15, -0.1) is 0 Å². The number of amides is 1. The second-order valence-electron chi connectivity index (χ2n) is 9.60. The summed E-state index contributed by atoms with van der Waals surface area (Å²) >= 11 is 6.80. The summed E-state index contributed by atoms with van der Waals surface area (Å²) in [7, 11) is 0. The van der Waals surface area contributed by atoms with Crippen molar-refractivity contribution >= 4 is 51.8 Å². The van der Waals surface area contributed by atoms with E-state index in [9.17, 15) is 19.2 Å². The molecule has 1 amide bonds. The van der Waals surface area contributed by atoms with Crippen LogP contribution in [-0.4, -0.2) is 45.9 Å². The Kier molecular flexibility index (Phi) is 8.05. The van der Waals surface area contributed by atoms with Gasteiger partial charge in [0.1, 0.15) is 27.6 Å². The molecule has 2 aliphatic heterocycles. The number of rotatable bonds is 6. The van der Waals surface area contributed by atoms with Gasteiger partial charge in [-0.05, 0) is 55.3 Å². The molecule has 0 radical (unpaired) electrons. The van der Waals surface area contributed by atoms with Gasteiger partial charge in [0.25, 0.3) is 11.5 Å². The van der Waals surface area contributed by atoms with Crippen LogP contribution in [-0.2, 0) is 17.9 Å². The number of nitrogens with zero attached hydrogens (tertiary/aromatic N) is 5. The first kappa shape index (κ1) is 27.6. The first-order chi connectivity index (χ1) is 19.3.